The molecule has 10 rings (SSSR count). The van der Waals surface area contributed by atoms with E-state index in [1.54, 1.807) is 0 Å². The Balaban J connectivity index is 1.02. The van der Waals surface area contributed by atoms with Crippen molar-refractivity contribution in [3.8, 4) is 56.4 Å². The highest BCUT2D eigenvalue weighted by Gasteiger charge is 2.29. The second kappa shape index (κ2) is 33.5. The normalized spacial score (nSPS) is 11.1. The molecule has 472 valence electrons. The first-order chi connectivity index (χ1) is 45.6. The lowest BCUT2D eigenvalue weighted by Crippen LogP contribution is -2.15. The fourth-order valence-electron chi connectivity index (χ4n) is 11.4. The fraction of sp³-hybridized carbons (Fsp3) is 0.200. The first-order valence-electron chi connectivity index (χ1n) is 31.9. The zero-order chi connectivity index (χ0) is 64.7. The van der Waals surface area contributed by atoms with Crippen LogP contribution in [-0.2, 0) is 45.4 Å². The Labute approximate surface area is 550 Å². The van der Waals surface area contributed by atoms with Gasteiger partial charge in [0.15, 0.2) is 0 Å². The Morgan fingerprint density at radius 2 is 0.602 bits per heavy atom. The molecule has 93 heavy (non-hydrogen) atoms. The van der Waals surface area contributed by atoms with Crippen LogP contribution in [0.1, 0.15) is 89.4 Å². The van der Waals surface area contributed by atoms with Gasteiger partial charge in [0.1, 0.15) is 49.4 Å². The monoisotopic (exact) mass is 1230 g/mol. The van der Waals surface area contributed by atoms with E-state index >= 15 is 0 Å². The van der Waals surface area contributed by atoms with Gasteiger partial charge in [-0.15, -0.1) is 0 Å². The van der Waals surface area contributed by atoms with Crippen molar-refractivity contribution in [1.82, 2.24) is 0 Å². The Morgan fingerprint density at radius 1 is 0.290 bits per heavy atom. The van der Waals surface area contributed by atoms with Crippen LogP contribution in [0.5, 0.6) is 23.0 Å². The number of hydrogen-bond donors (Lipinski definition) is 0. The average molecular weight is 1230 g/mol. The van der Waals surface area contributed by atoms with Crippen LogP contribution in [0.25, 0.3) is 57.7 Å². The van der Waals surface area contributed by atoms with E-state index in [2.05, 4.69) is 236 Å². The first kappa shape index (κ1) is 66.1. The fourth-order valence-corrected chi connectivity index (χ4v) is 11.4. The van der Waals surface area contributed by atoms with Crippen molar-refractivity contribution in [2.45, 2.75) is 60.0 Å². The molecule has 8 heteroatoms. The molecule has 10 aromatic rings. The Kier molecular flexibility index (Phi) is 23.8. The van der Waals surface area contributed by atoms with Gasteiger partial charge in [0.2, 0.25) is 0 Å². The number of aryl methyl sites for hydroxylation is 4. The first-order valence-corrected chi connectivity index (χ1v) is 31.9. The summed E-state index contributed by atoms with van der Waals surface area (Å²) in [6.45, 7) is 29.0. The predicted octanol–water partition coefficient (Wildman–Crippen LogP) is 20.1. The summed E-state index contributed by atoms with van der Waals surface area (Å²) >= 11 is 0. The van der Waals surface area contributed by atoms with Crippen molar-refractivity contribution in [2.75, 3.05) is 52.9 Å². The van der Waals surface area contributed by atoms with Crippen LogP contribution in [0.3, 0.4) is 0 Å². The smallest absolute Gasteiger partial charge is 0.126 e. The third-order valence-electron chi connectivity index (χ3n) is 16.5. The van der Waals surface area contributed by atoms with Crippen molar-refractivity contribution in [3.63, 3.8) is 0 Å². The SMILES string of the molecule is C=Cc1ccc(COCCOc2ccc(-c3cc(C)c(OCCOCc4ccc(C=C)cc4)c(C(c4ccc(-c5ccccc5)cc4)c4cc(-c5ccc(OCCOCc6ccc(C=C)cc6)c(C)c5)cc(C)c4OCCOCc4ccc(C=C)cc4)c3)cc2C)cc1. The van der Waals surface area contributed by atoms with Crippen LogP contribution >= 0.6 is 0 Å². The lowest BCUT2D eigenvalue weighted by molar-refractivity contribution is 0.0879. The molecule has 0 fully saturated rings. The minimum absolute atomic E-state index is 0.313. The van der Waals surface area contributed by atoms with Gasteiger partial charge in [0, 0.05) is 17.0 Å². The highest BCUT2D eigenvalue weighted by atomic mass is 16.5. The van der Waals surface area contributed by atoms with E-state index in [4.69, 9.17) is 37.9 Å². The van der Waals surface area contributed by atoms with E-state index in [0.29, 0.717) is 79.3 Å². The van der Waals surface area contributed by atoms with E-state index in [1.807, 2.05) is 54.6 Å². The molecule has 0 bridgehead atoms. The van der Waals surface area contributed by atoms with Gasteiger partial charge >= 0.3 is 0 Å². The minimum Gasteiger partial charge on any atom is -0.491 e. The largest absolute Gasteiger partial charge is 0.491 e. The summed E-state index contributed by atoms with van der Waals surface area (Å²) < 4.78 is 51.6. The molecule has 0 saturated carbocycles. The van der Waals surface area contributed by atoms with Gasteiger partial charge < -0.3 is 37.9 Å². The van der Waals surface area contributed by atoms with Gasteiger partial charge in [-0.1, -0.05) is 214 Å². The molecule has 8 nitrogen and oxygen atoms in total. The van der Waals surface area contributed by atoms with Gasteiger partial charge in [-0.05, 0) is 182 Å². The van der Waals surface area contributed by atoms with Crippen LogP contribution in [0.4, 0.5) is 0 Å². The van der Waals surface area contributed by atoms with Crippen LogP contribution < -0.4 is 18.9 Å². The Hall–Kier alpha value is -9.80. The zero-order valence-electron chi connectivity index (χ0n) is 54.2. The molecule has 0 N–H and O–H groups in total. The molecular weight excluding hydrogens is 1150 g/mol. The molecule has 0 aromatic heterocycles. The number of rotatable bonds is 34. The maximum Gasteiger partial charge on any atom is 0.126 e. The maximum atomic E-state index is 7.09. The number of hydrogen-bond acceptors (Lipinski definition) is 8. The van der Waals surface area contributed by atoms with E-state index < -0.39 is 5.92 Å². The topological polar surface area (TPSA) is 73.8 Å². The molecule has 0 aliphatic carbocycles. The summed E-state index contributed by atoms with van der Waals surface area (Å²) in [5, 5.41) is 0. The van der Waals surface area contributed by atoms with Crippen LogP contribution in [0.15, 0.2) is 239 Å². The highest BCUT2D eigenvalue weighted by molar-refractivity contribution is 5.75. The third-order valence-corrected chi connectivity index (χ3v) is 16.5. The van der Waals surface area contributed by atoms with Crippen molar-refractivity contribution in [1.29, 1.82) is 0 Å². The van der Waals surface area contributed by atoms with Crippen molar-refractivity contribution >= 4 is 24.3 Å². The third kappa shape index (κ3) is 18.3. The molecule has 0 amide bonds. The van der Waals surface area contributed by atoms with Crippen molar-refractivity contribution in [2.24, 2.45) is 0 Å². The second-order valence-electron chi connectivity index (χ2n) is 23.2. The van der Waals surface area contributed by atoms with E-state index in [9.17, 15) is 0 Å². The summed E-state index contributed by atoms with van der Waals surface area (Å²) in [5.74, 6) is 2.73. The molecule has 0 atom stereocenters. The molecule has 0 saturated heterocycles. The predicted molar refractivity (Wildman–Crippen MR) is 382 cm³/mol. The molecule has 0 radical (unpaired) electrons. The van der Waals surface area contributed by atoms with Crippen LogP contribution in [0, 0.1) is 27.7 Å². The summed E-state index contributed by atoms with van der Waals surface area (Å²) in [6.07, 6.45) is 7.37. The van der Waals surface area contributed by atoms with Gasteiger partial charge in [-0.25, -0.2) is 0 Å². The van der Waals surface area contributed by atoms with Crippen LogP contribution in [-0.4, -0.2) is 52.9 Å². The maximum absolute atomic E-state index is 7.09. The summed E-state index contributed by atoms with van der Waals surface area (Å²) in [5.41, 5.74) is 22.0. The molecular formula is C85H84O8. The average Bonchev–Trinajstić information content (AvgIpc) is 0.772. The number of benzene rings is 10. The lowest BCUT2D eigenvalue weighted by atomic mass is 9.80. The highest BCUT2D eigenvalue weighted by Crippen LogP contribution is 2.47. The summed E-state index contributed by atoms with van der Waals surface area (Å²) in [6, 6.07) is 74.3. The van der Waals surface area contributed by atoms with E-state index in [-0.39, 0.29) is 0 Å². The quantitative estimate of drug-likeness (QED) is 0.0292. The lowest BCUT2D eigenvalue weighted by Gasteiger charge is -2.28. The number of ether oxygens (including phenoxy) is 8. The molecule has 0 heterocycles. The van der Waals surface area contributed by atoms with Gasteiger partial charge in [-0.2, -0.15) is 0 Å². The minimum atomic E-state index is -0.419. The van der Waals surface area contributed by atoms with E-state index in [0.717, 1.165) is 140 Å². The molecule has 0 unspecified atom stereocenters. The second-order valence-corrected chi connectivity index (χ2v) is 23.2. The summed E-state index contributed by atoms with van der Waals surface area (Å²) in [4.78, 5) is 0. The van der Waals surface area contributed by atoms with E-state index in [1.165, 1.54) is 0 Å². The van der Waals surface area contributed by atoms with Gasteiger partial charge in [0.05, 0.1) is 52.9 Å². The molecule has 0 spiro atoms. The summed E-state index contributed by atoms with van der Waals surface area (Å²) in [7, 11) is 0. The van der Waals surface area contributed by atoms with Gasteiger partial charge in [0.25, 0.3) is 0 Å². The molecule has 0 aliphatic heterocycles. The molecule has 0 aliphatic rings. The Morgan fingerprint density at radius 3 is 0.935 bits per heavy atom. The van der Waals surface area contributed by atoms with Crippen LogP contribution in [0.2, 0.25) is 0 Å². The standard InChI is InChI=1S/C85H84O8/c1-9-64-18-26-68(27-19-64)56-86-42-46-90-81-40-38-75(50-60(81)5)77-52-62(7)84(92-48-44-88-58-70-30-22-66(11-3)23-31-70)79(54-77)83(74-36-34-73(35-37-74)72-16-14-13-15-17-72)80-55-78(53-63(8)85(80)93-49-45-89-59-71-32-24-67(12-4)25-33-71)76-39-41-82(61(6)51-76)91-47-43-87-57-69-28-20-65(10-2)21-29-69/h9-41,50-55,83H,1-4,42-49,56-59H2,5-8H3. The van der Waals surface area contributed by atoms with Crippen molar-refractivity contribution < 1.29 is 37.9 Å². The molecule has 10 aromatic carbocycles. The zero-order valence-corrected chi connectivity index (χ0v) is 54.2. The van der Waals surface area contributed by atoms with Gasteiger partial charge in [-0.3, -0.25) is 0 Å². The van der Waals surface area contributed by atoms with Crippen molar-refractivity contribution in [3.05, 3.63) is 322 Å². The Bertz CT molecular complexity index is 3850.